The lowest BCUT2D eigenvalue weighted by molar-refractivity contribution is 0.442. The third-order valence-electron chi connectivity index (χ3n) is 3.56. The zero-order valence-corrected chi connectivity index (χ0v) is 12.3. The monoisotopic (exact) mass is 270 g/mol. The van der Waals surface area contributed by atoms with Gasteiger partial charge in [0, 0.05) is 17.8 Å². The Labute approximate surface area is 120 Å². The maximum Gasteiger partial charge on any atom is 0.223 e. The van der Waals surface area contributed by atoms with Crippen LogP contribution in [0, 0.1) is 0 Å². The summed E-state index contributed by atoms with van der Waals surface area (Å²) in [4.78, 5) is 4.32. The average molecular weight is 270 g/mol. The van der Waals surface area contributed by atoms with E-state index in [0.29, 0.717) is 11.8 Å². The summed E-state index contributed by atoms with van der Waals surface area (Å²) in [5.41, 5.74) is 8.10. The first-order valence-electron chi connectivity index (χ1n) is 7.10. The molecule has 0 aliphatic carbocycles. The molecule has 2 rings (SSSR count). The number of nitrogens with zero attached hydrogens (tertiary/aromatic N) is 1. The molecule has 0 saturated carbocycles. The lowest BCUT2D eigenvalue weighted by Gasteiger charge is -2.17. The summed E-state index contributed by atoms with van der Waals surface area (Å²) in [6.45, 7) is 6.31. The number of hydrogen-bond acceptors (Lipinski definition) is 3. The lowest BCUT2D eigenvalue weighted by atomic mass is 9.98. The smallest absolute Gasteiger partial charge is 0.223 e. The molecule has 1 aromatic carbocycles. The minimum Gasteiger partial charge on any atom is -0.438 e. The molecule has 0 radical (unpaired) electrons. The standard InChI is InChI=1S/C17H22N2O/c1-4-12(2)14-8-5-6-10-16(14)20-17-15(13(3)18)9-7-11-19-17/h5-13H,4,18H2,1-3H3. The van der Waals surface area contributed by atoms with Crippen LogP contribution in [-0.2, 0) is 0 Å². The van der Waals surface area contributed by atoms with E-state index in [1.165, 1.54) is 5.56 Å². The van der Waals surface area contributed by atoms with Crippen LogP contribution in [0.1, 0.15) is 50.3 Å². The van der Waals surface area contributed by atoms with Gasteiger partial charge in [0.15, 0.2) is 0 Å². The normalized spacial score (nSPS) is 13.8. The molecule has 2 unspecified atom stereocenters. The zero-order chi connectivity index (χ0) is 14.5. The van der Waals surface area contributed by atoms with E-state index in [4.69, 9.17) is 10.5 Å². The van der Waals surface area contributed by atoms with Gasteiger partial charge in [-0.1, -0.05) is 38.1 Å². The van der Waals surface area contributed by atoms with Crippen molar-refractivity contribution in [2.45, 2.75) is 39.2 Å². The first kappa shape index (κ1) is 14.5. The largest absolute Gasteiger partial charge is 0.438 e. The molecule has 0 fully saturated rings. The molecule has 0 aliphatic rings. The van der Waals surface area contributed by atoms with E-state index in [2.05, 4.69) is 24.9 Å². The van der Waals surface area contributed by atoms with Gasteiger partial charge in [0.25, 0.3) is 0 Å². The van der Waals surface area contributed by atoms with Crippen LogP contribution in [0.15, 0.2) is 42.6 Å². The van der Waals surface area contributed by atoms with Crippen LogP contribution in [0.2, 0.25) is 0 Å². The second-order valence-electron chi connectivity index (χ2n) is 5.14. The fourth-order valence-corrected chi connectivity index (χ4v) is 2.14. The molecule has 106 valence electrons. The van der Waals surface area contributed by atoms with Gasteiger partial charge in [0.2, 0.25) is 5.88 Å². The van der Waals surface area contributed by atoms with Gasteiger partial charge in [-0.2, -0.15) is 0 Å². The van der Waals surface area contributed by atoms with Gasteiger partial charge in [0.1, 0.15) is 5.75 Å². The molecule has 2 aromatic rings. The number of nitrogens with two attached hydrogens (primary N) is 1. The molecule has 0 aliphatic heterocycles. The minimum absolute atomic E-state index is 0.102. The highest BCUT2D eigenvalue weighted by atomic mass is 16.5. The summed E-state index contributed by atoms with van der Waals surface area (Å²) < 4.78 is 6.03. The maximum atomic E-state index is 6.03. The van der Waals surface area contributed by atoms with Crippen molar-refractivity contribution in [2.75, 3.05) is 0 Å². The van der Waals surface area contributed by atoms with E-state index in [-0.39, 0.29) is 6.04 Å². The molecule has 2 N–H and O–H groups in total. The van der Waals surface area contributed by atoms with Crippen LogP contribution in [0.4, 0.5) is 0 Å². The summed E-state index contributed by atoms with van der Waals surface area (Å²) in [6.07, 6.45) is 2.80. The number of hydrogen-bond donors (Lipinski definition) is 1. The van der Waals surface area contributed by atoms with Crippen LogP contribution in [0.5, 0.6) is 11.6 Å². The molecule has 0 bridgehead atoms. The van der Waals surface area contributed by atoms with Crippen molar-refractivity contribution < 1.29 is 4.74 Å². The minimum atomic E-state index is -0.102. The molecular formula is C17H22N2O. The number of pyridine rings is 1. The predicted molar refractivity (Wildman–Crippen MR) is 82.1 cm³/mol. The summed E-state index contributed by atoms with van der Waals surface area (Å²) in [7, 11) is 0. The van der Waals surface area contributed by atoms with E-state index in [1.807, 2.05) is 37.3 Å². The fraction of sp³-hybridized carbons (Fsp3) is 0.353. The van der Waals surface area contributed by atoms with E-state index in [1.54, 1.807) is 6.20 Å². The van der Waals surface area contributed by atoms with Crippen LogP contribution >= 0.6 is 0 Å². The number of aromatic nitrogens is 1. The predicted octanol–water partition coefficient (Wildman–Crippen LogP) is 4.41. The topological polar surface area (TPSA) is 48.1 Å². The Bertz CT molecular complexity index is 566. The van der Waals surface area contributed by atoms with E-state index in [0.717, 1.165) is 17.7 Å². The number of rotatable bonds is 5. The van der Waals surface area contributed by atoms with Crippen molar-refractivity contribution >= 4 is 0 Å². The molecule has 2 atom stereocenters. The second kappa shape index (κ2) is 6.53. The first-order valence-corrected chi connectivity index (χ1v) is 7.10. The Morgan fingerprint density at radius 3 is 2.50 bits per heavy atom. The van der Waals surface area contributed by atoms with Gasteiger partial charge in [-0.3, -0.25) is 0 Å². The van der Waals surface area contributed by atoms with E-state index < -0.39 is 0 Å². The number of ether oxygens (including phenoxy) is 1. The molecule has 0 spiro atoms. The average Bonchev–Trinajstić information content (AvgIpc) is 2.47. The molecule has 3 heteroatoms. The lowest BCUT2D eigenvalue weighted by Crippen LogP contribution is -2.08. The van der Waals surface area contributed by atoms with E-state index in [9.17, 15) is 0 Å². The zero-order valence-electron chi connectivity index (χ0n) is 12.3. The van der Waals surface area contributed by atoms with Crippen LogP contribution in [0.25, 0.3) is 0 Å². The molecule has 0 amide bonds. The third-order valence-corrected chi connectivity index (χ3v) is 3.56. The fourth-order valence-electron chi connectivity index (χ4n) is 2.14. The molecule has 20 heavy (non-hydrogen) atoms. The van der Waals surface area contributed by atoms with Gasteiger partial charge in [-0.15, -0.1) is 0 Å². The Kier molecular flexibility index (Phi) is 4.74. The Morgan fingerprint density at radius 1 is 1.10 bits per heavy atom. The van der Waals surface area contributed by atoms with Crippen molar-refractivity contribution in [3.8, 4) is 11.6 Å². The molecule has 1 heterocycles. The van der Waals surface area contributed by atoms with Crippen LogP contribution in [0.3, 0.4) is 0 Å². The van der Waals surface area contributed by atoms with Crippen molar-refractivity contribution in [1.82, 2.24) is 4.98 Å². The van der Waals surface area contributed by atoms with Crippen LogP contribution < -0.4 is 10.5 Å². The molecule has 1 aromatic heterocycles. The molecule has 0 saturated heterocycles. The summed E-state index contributed by atoms with van der Waals surface area (Å²) in [6, 6.07) is 11.9. The van der Waals surface area contributed by atoms with Gasteiger partial charge < -0.3 is 10.5 Å². The van der Waals surface area contributed by atoms with Gasteiger partial charge in [0.05, 0.1) is 0 Å². The van der Waals surface area contributed by atoms with E-state index >= 15 is 0 Å². The van der Waals surface area contributed by atoms with Crippen molar-refractivity contribution in [3.05, 3.63) is 53.7 Å². The highest BCUT2D eigenvalue weighted by molar-refractivity contribution is 5.40. The van der Waals surface area contributed by atoms with Crippen molar-refractivity contribution in [2.24, 2.45) is 5.73 Å². The van der Waals surface area contributed by atoms with Crippen LogP contribution in [-0.4, -0.2) is 4.98 Å². The van der Waals surface area contributed by atoms with Crippen molar-refractivity contribution in [3.63, 3.8) is 0 Å². The first-order chi connectivity index (χ1) is 9.63. The summed E-state index contributed by atoms with van der Waals surface area (Å²) in [5.74, 6) is 1.91. The Balaban J connectivity index is 2.36. The molecule has 3 nitrogen and oxygen atoms in total. The molecular weight excluding hydrogens is 248 g/mol. The second-order valence-corrected chi connectivity index (χ2v) is 5.14. The quantitative estimate of drug-likeness (QED) is 0.875. The van der Waals surface area contributed by atoms with Crippen molar-refractivity contribution in [1.29, 1.82) is 0 Å². The summed E-state index contributed by atoms with van der Waals surface area (Å²) in [5, 5.41) is 0. The Morgan fingerprint density at radius 2 is 1.80 bits per heavy atom. The number of benzene rings is 1. The maximum absolute atomic E-state index is 6.03. The Hall–Kier alpha value is -1.87. The SMILES string of the molecule is CCC(C)c1ccccc1Oc1ncccc1C(C)N. The highest BCUT2D eigenvalue weighted by Crippen LogP contribution is 2.33. The van der Waals surface area contributed by atoms with Gasteiger partial charge >= 0.3 is 0 Å². The summed E-state index contributed by atoms with van der Waals surface area (Å²) >= 11 is 0. The number of para-hydroxylation sites is 1. The third kappa shape index (κ3) is 3.17. The van der Waals surface area contributed by atoms with Gasteiger partial charge in [-0.25, -0.2) is 4.98 Å². The highest BCUT2D eigenvalue weighted by Gasteiger charge is 2.14. The van der Waals surface area contributed by atoms with Gasteiger partial charge in [-0.05, 0) is 37.0 Å².